The standard InChI is InChI=1S/C17H20F4N2O3/c1-2-23(9-14(24)25)13-7-12(8-13)22-16(26)15(18)10-3-5-11(6-4-10)17(19,20)21/h3-6,12-13,15H,2,7-9H2,1H3,(H,22,26)(H,24,25). The molecular weight excluding hydrogens is 356 g/mol. The summed E-state index contributed by atoms with van der Waals surface area (Å²) in [5.41, 5.74) is -1.05. The molecule has 5 nitrogen and oxygen atoms in total. The maximum absolute atomic E-state index is 14.2. The van der Waals surface area contributed by atoms with E-state index in [9.17, 15) is 27.2 Å². The van der Waals surface area contributed by atoms with Crippen LogP contribution in [0, 0.1) is 0 Å². The van der Waals surface area contributed by atoms with Gasteiger partial charge in [0, 0.05) is 12.1 Å². The maximum Gasteiger partial charge on any atom is 0.416 e. The van der Waals surface area contributed by atoms with Crippen molar-refractivity contribution in [3.8, 4) is 0 Å². The topological polar surface area (TPSA) is 69.6 Å². The van der Waals surface area contributed by atoms with Gasteiger partial charge in [-0.15, -0.1) is 0 Å². The van der Waals surface area contributed by atoms with E-state index in [1.807, 2.05) is 6.92 Å². The molecule has 0 bridgehead atoms. The zero-order valence-corrected chi connectivity index (χ0v) is 14.1. The minimum Gasteiger partial charge on any atom is -0.480 e. The van der Waals surface area contributed by atoms with E-state index in [0.717, 1.165) is 24.3 Å². The number of carboxylic acid groups (broad SMARTS) is 1. The molecule has 0 heterocycles. The number of rotatable bonds is 7. The average molecular weight is 376 g/mol. The first-order valence-electron chi connectivity index (χ1n) is 8.19. The zero-order valence-electron chi connectivity index (χ0n) is 14.1. The normalized spacial score (nSPS) is 21.2. The lowest BCUT2D eigenvalue weighted by atomic mass is 9.85. The summed E-state index contributed by atoms with van der Waals surface area (Å²) in [6.07, 6.45) is -5.56. The van der Waals surface area contributed by atoms with Crippen LogP contribution in [0.3, 0.4) is 0 Å². The number of nitrogens with zero attached hydrogens (tertiary/aromatic N) is 1. The number of hydrogen-bond acceptors (Lipinski definition) is 3. The third kappa shape index (κ3) is 4.94. The Morgan fingerprint density at radius 1 is 1.27 bits per heavy atom. The molecule has 1 amide bonds. The van der Waals surface area contributed by atoms with E-state index in [0.29, 0.717) is 19.4 Å². The molecule has 0 aromatic heterocycles. The molecule has 1 aromatic carbocycles. The summed E-state index contributed by atoms with van der Waals surface area (Å²) in [5, 5.41) is 11.3. The second-order valence-corrected chi connectivity index (χ2v) is 6.27. The van der Waals surface area contributed by atoms with Crippen molar-refractivity contribution in [2.45, 2.75) is 44.2 Å². The van der Waals surface area contributed by atoms with E-state index in [2.05, 4.69) is 5.32 Å². The molecule has 0 aliphatic heterocycles. The van der Waals surface area contributed by atoms with Crippen molar-refractivity contribution in [1.82, 2.24) is 10.2 Å². The molecule has 1 fully saturated rings. The molecule has 0 saturated heterocycles. The highest BCUT2D eigenvalue weighted by atomic mass is 19.4. The first-order chi connectivity index (χ1) is 12.1. The number of benzene rings is 1. The van der Waals surface area contributed by atoms with Gasteiger partial charge in [0.05, 0.1) is 12.1 Å². The Labute approximate surface area is 148 Å². The number of halogens is 4. The van der Waals surface area contributed by atoms with Crippen LogP contribution in [0.4, 0.5) is 17.6 Å². The largest absolute Gasteiger partial charge is 0.480 e. The predicted molar refractivity (Wildman–Crippen MR) is 85.1 cm³/mol. The van der Waals surface area contributed by atoms with Crippen LogP contribution < -0.4 is 5.32 Å². The fraction of sp³-hybridized carbons (Fsp3) is 0.529. The fourth-order valence-electron chi connectivity index (χ4n) is 2.94. The van der Waals surface area contributed by atoms with E-state index in [1.54, 1.807) is 4.90 Å². The Bertz CT molecular complexity index is 642. The van der Waals surface area contributed by atoms with Crippen molar-refractivity contribution >= 4 is 11.9 Å². The maximum atomic E-state index is 14.2. The molecule has 1 aromatic rings. The summed E-state index contributed by atoms with van der Waals surface area (Å²) in [4.78, 5) is 24.5. The van der Waals surface area contributed by atoms with Crippen LogP contribution in [0.2, 0.25) is 0 Å². The lowest BCUT2D eigenvalue weighted by Gasteiger charge is -2.42. The van der Waals surface area contributed by atoms with Gasteiger partial charge < -0.3 is 10.4 Å². The molecule has 2 rings (SSSR count). The van der Waals surface area contributed by atoms with Crippen molar-refractivity contribution < 1.29 is 32.3 Å². The van der Waals surface area contributed by atoms with Crippen LogP contribution in [-0.4, -0.2) is 47.1 Å². The van der Waals surface area contributed by atoms with Gasteiger partial charge in [-0.25, -0.2) is 4.39 Å². The molecular formula is C17H20F4N2O3. The average Bonchev–Trinajstić information content (AvgIpc) is 2.54. The van der Waals surface area contributed by atoms with Crippen LogP contribution in [0.1, 0.15) is 37.1 Å². The number of carbonyl (C=O) groups is 2. The molecule has 9 heteroatoms. The van der Waals surface area contributed by atoms with Crippen LogP contribution in [-0.2, 0) is 15.8 Å². The van der Waals surface area contributed by atoms with Gasteiger partial charge in [-0.3, -0.25) is 14.5 Å². The second-order valence-electron chi connectivity index (χ2n) is 6.27. The zero-order chi connectivity index (χ0) is 19.5. The Kier molecular flexibility index (Phi) is 6.22. The summed E-state index contributed by atoms with van der Waals surface area (Å²) < 4.78 is 51.7. The minimum atomic E-state index is -4.52. The Morgan fingerprint density at radius 2 is 1.85 bits per heavy atom. The number of carboxylic acids is 1. The van der Waals surface area contributed by atoms with Crippen LogP contribution in [0.5, 0.6) is 0 Å². The first kappa shape index (κ1) is 20.2. The van der Waals surface area contributed by atoms with Crippen LogP contribution in [0.25, 0.3) is 0 Å². The lowest BCUT2D eigenvalue weighted by Crippen LogP contribution is -2.55. The van der Waals surface area contributed by atoms with Gasteiger partial charge in [0.1, 0.15) is 0 Å². The van der Waals surface area contributed by atoms with Gasteiger partial charge in [-0.1, -0.05) is 19.1 Å². The van der Waals surface area contributed by atoms with Crippen LogP contribution >= 0.6 is 0 Å². The van der Waals surface area contributed by atoms with Gasteiger partial charge in [-0.05, 0) is 37.1 Å². The molecule has 1 aliphatic rings. The molecule has 26 heavy (non-hydrogen) atoms. The fourth-order valence-corrected chi connectivity index (χ4v) is 2.94. The lowest BCUT2D eigenvalue weighted by molar-refractivity contribution is -0.140. The molecule has 1 atom stereocenters. The van der Waals surface area contributed by atoms with Gasteiger partial charge >= 0.3 is 12.1 Å². The number of amides is 1. The SMILES string of the molecule is CCN(CC(=O)O)C1CC(NC(=O)C(F)c2ccc(C(F)(F)F)cc2)C1. The number of alkyl halides is 4. The van der Waals surface area contributed by atoms with Crippen molar-refractivity contribution in [3.63, 3.8) is 0 Å². The summed E-state index contributed by atoms with van der Waals surface area (Å²) in [6.45, 7) is 2.28. The Morgan fingerprint density at radius 3 is 2.31 bits per heavy atom. The Balaban J connectivity index is 1.86. The van der Waals surface area contributed by atoms with Crippen molar-refractivity contribution in [3.05, 3.63) is 35.4 Å². The van der Waals surface area contributed by atoms with E-state index in [-0.39, 0.29) is 24.2 Å². The molecule has 1 aliphatic carbocycles. The third-order valence-corrected chi connectivity index (χ3v) is 4.48. The summed E-state index contributed by atoms with van der Waals surface area (Å²) in [7, 11) is 0. The molecule has 2 N–H and O–H groups in total. The highest BCUT2D eigenvalue weighted by Crippen LogP contribution is 2.31. The van der Waals surface area contributed by atoms with Gasteiger partial charge in [0.25, 0.3) is 5.91 Å². The van der Waals surface area contributed by atoms with Crippen LogP contribution in [0.15, 0.2) is 24.3 Å². The molecule has 0 radical (unpaired) electrons. The Hall–Kier alpha value is -2.16. The molecule has 0 spiro atoms. The summed E-state index contributed by atoms with van der Waals surface area (Å²) in [5.74, 6) is -1.85. The monoisotopic (exact) mass is 376 g/mol. The number of hydrogen-bond donors (Lipinski definition) is 2. The summed E-state index contributed by atoms with van der Waals surface area (Å²) >= 11 is 0. The molecule has 1 saturated carbocycles. The molecule has 1 unspecified atom stereocenters. The van der Waals surface area contributed by atoms with Crippen molar-refractivity contribution in [1.29, 1.82) is 0 Å². The third-order valence-electron chi connectivity index (χ3n) is 4.48. The number of likely N-dealkylation sites (N-methyl/N-ethyl adjacent to an activating group) is 1. The predicted octanol–water partition coefficient (Wildman–Crippen LogP) is 2.77. The highest BCUT2D eigenvalue weighted by Gasteiger charge is 2.36. The van der Waals surface area contributed by atoms with E-state index in [4.69, 9.17) is 5.11 Å². The number of carbonyl (C=O) groups excluding carboxylic acids is 1. The van der Waals surface area contributed by atoms with Gasteiger partial charge in [-0.2, -0.15) is 13.2 Å². The van der Waals surface area contributed by atoms with E-state index in [1.165, 1.54) is 0 Å². The first-order valence-corrected chi connectivity index (χ1v) is 8.19. The van der Waals surface area contributed by atoms with Gasteiger partial charge in [0.15, 0.2) is 0 Å². The minimum absolute atomic E-state index is 0.00512. The number of nitrogens with one attached hydrogen (secondary N) is 1. The van der Waals surface area contributed by atoms with Crippen molar-refractivity contribution in [2.24, 2.45) is 0 Å². The van der Waals surface area contributed by atoms with Gasteiger partial charge in [0.2, 0.25) is 6.17 Å². The second kappa shape index (κ2) is 8.03. The highest BCUT2D eigenvalue weighted by molar-refractivity contribution is 5.82. The number of aliphatic carboxylic acids is 1. The van der Waals surface area contributed by atoms with Crippen molar-refractivity contribution in [2.75, 3.05) is 13.1 Å². The molecule has 144 valence electrons. The quantitative estimate of drug-likeness (QED) is 0.718. The van der Waals surface area contributed by atoms with E-state index < -0.39 is 29.8 Å². The smallest absolute Gasteiger partial charge is 0.416 e. The summed E-state index contributed by atoms with van der Waals surface area (Å²) in [6, 6.07) is 3.10. The van der Waals surface area contributed by atoms with E-state index >= 15 is 0 Å².